The van der Waals surface area contributed by atoms with Gasteiger partial charge in [0.15, 0.2) is 6.29 Å². The first-order chi connectivity index (χ1) is 6.65. The number of anilines is 1. The molecule has 0 amide bonds. The number of aromatic carboxylic acids is 1. The van der Waals surface area contributed by atoms with Crippen LogP contribution in [0.2, 0.25) is 0 Å². The third kappa shape index (κ3) is 2.11. The summed E-state index contributed by atoms with van der Waals surface area (Å²) in [5, 5.41) is 8.72. The molecule has 0 saturated heterocycles. The summed E-state index contributed by atoms with van der Waals surface area (Å²) in [4.78, 5) is 20.6. The molecule has 14 heavy (non-hydrogen) atoms. The molecule has 0 aliphatic carbocycles. The normalized spacial score (nSPS) is 8.57. The number of hydrogen-bond acceptors (Lipinski definition) is 3. The zero-order chi connectivity index (χ0) is 10.6. The zero-order valence-electron chi connectivity index (χ0n) is 7.15. The van der Waals surface area contributed by atoms with E-state index in [1.807, 2.05) is 0 Å². The molecule has 0 aliphatic rings. The van der Waals surface area contributed by atoms with Gasteiger partial charge in [-0.15, -0.1) is 0 Å². The summed E-state index contributed by atoms with van der Waals surface area (Å²) in [6, 6.07) is 4.32. The maximum absolute atomic E-state index is 10.7. The van der Waals surface area contributed by atoms with Gasteiger partial charge < -0.3 is 10.8 Å². The lowest BCUT2D eigenvalue weighted by molar-refractivity contribution is -0.103. The molecule has 4 heteroatoms. The van der Waals surface area contributed by atoms with E-state index in [1.54, 1.807) is 6.07 Å². The van der Waals surface area contributed by atoms with Crippen LogP contribution in [0.25, 0.3) is 0 Å². The highest BCUT2D eigenvalue weighted by molar-refractivity contribution is 5.94. The molecule has 1 aromatic rings. The molecular weight excluding hydrogens is 182 g/mol. The lowest BCUT2D eigenvalue weighted by Crippen LogP contribution is -2.02. The van der Waals surface area contributed by atoms with Gasteiger partial charge in [0.2, 0.25) is 0 Å². The van der Waals surface area contributed by atoms with E-state index in [4.69, 9.17) is 10.8 Å². The van der Waals surface area contributed by atoms with Crippen molar-refractivity contribution in [1.29, 1.82) is 0 Å². The van der Waals surface area contributed by atoms with Crippen LogP contribution in [-0.2, 0) is 4.79 Å². The predicted octanol–water partition coefficient (Wildman–Crippen LogP) is 0.517. The highest BCUT2D eigenvalue weighted by atomic mass is 16.4. The molecule has 0 aliphatic heterocycles. The van der Waals surface area contributed by atoms with E-state index in [2.05, 4.69) is 11.8 Å². The molecule has 0 unspecified atom stereocenters. The Balaban J connectivity index is 3.19. The number of carbonyl (C=O) groups excluding carboxylic acids is 1. The number of nitrogen functional groups attached to an aromatic ring is 1. The van der Waals surface area contributed by atoms with Gasteiger partial charge in [-0.05, 0) is 24.1 Å². The molecule has 1 rings (SSSR count). The fraction of sp³-hybridized carbons (Fsp3) is 0. The van der Waals surface area contributed by atoms with Crippen molar-refractivity contribution in [2.75, 3.05) is 5.73 Å². The van der Waals surface area contributed by atoms with Crippen LogP contribution in [0.15, 0.2) is 18.2 Å². The average Bonchev–Trinajstić information content (AvgIpc) is 2.16. The summed E-state index contributed by atoms with van der Waals surface area (Å²) in [5.41, 5.74) is 6.03. The van der Waals surface area contributed by atoms with E-state index in [1.165, 1.54) is 12.1 Å². The Hall–Kier alpha value is -2.28. The first kappa shape index (κ1) is 9.81. The van der Waals surface area contributed by atoms with Crippen molar-refractivity contribution >= 4 is 17.9 Å². The van der Waals surface area contributed by atoms with E-state index < -0.39 is 5.97 Å². The average molecular weight is 189 g/mol. The van der Waals surface area contributed by atoms with Crippen LogP contribution < -0.4 is 5.73 Å². The van der Waals surface area contributed by atoms with Gasteiger partial charge in [-0.1, -0.05) is 5.92 Å². The van der Waals surface area contributed by atoms with E-state index >= 15 is 0 Å². The van der Waals surface area contributed by atoms with Gasteiger partial charge in [0.1, 0.15) is 0 Å². The fourth-order valence-electron chi connectivity index (χ4n) is 0.932. The van der Waals surface area contributed by atoms with Crippen molar-refractivity contribution in [2.24, 2.45) is 0 Å². The third-order valence-corrected chi connectivity index (χ3v) is 1.56. The third-order valence-electron chi connectivity index (χ3n) is 1.56. The van der Waals surface area contributed by atoms with Crippen LogP contribution in [0, 0.1) is 11.8 Å². The van der Waals surface area contributed by atoms with E-state index in [0.29, 0.717) is 11.8 Å². The van der Waals surface area contributed by atoms with Crippen molar-refractivity contribution < 1.29 is 14.7 Å². The van der Waals surface area contributed by atoms with Gasteiger partial charge in [0, 0.05) is 11.3 Å². The molecule has 0 fully saturated rings. The molecule has 70 valence electrons. The molecule has 0 aromatic heterocycles. The molecule has 1 aromatic carbocycles. The summed E-state index contributed by atoms with van der Waals surface area (Å²) >= 11 is 0. The lowest BCUT2D eigenvalue weighted by Gasteiger charge is -1.99. The fourth-order valence-corrected chi connectivity index (χ4v) is 0.932. The largest absolute Gasteiger partial charge is 0.478 e. The molecule has 4 nitrogen and oxygen atoms in total. The minimum absolute atomic E-state index is 0.0114. The first-order valence-electron chi connectivity index (χ1n) is 3.73. The summed E-state index contributed by atoms with van der Waals surface area (Å²) in [6.45, 7) is 0. The van der Waals surface area contributed by atoms with E-state index in [0.717, 1.165) is 0 Å². The minimum atomic E-state index is -1.11. The Bertz CT molecular complexity index is 440. The summed E-state index contributed by atoms with van der Waals surface area (Å²) < 4.78 is 0. The quantitative estimate of drug-likeness (QED) is 0.383. The second kappa shape index (κ2) is 4.10. The summed E-state index contributed by atoms with van der Waals surface area (Å²) in [6.07, 6.45) is 0.441. The van der Waals surface area contributed by atoms with Crippen LogP contribution >= 0.6 is 0 Å². The van der Waals surface area contributed by atoms with Gasteiger partial charge >= 0.3 is 5.97 Å². The zero-order valence-corrected chi connectivity index (χ0v) is 7.15. The molecule has 0 atom stereocenters. The van der Waals surface area contributed by atoms with Gasteiger partial charge in [-0.2, -0.15) is 0 Å². The second-order valence-electron chi connectivity index (χ2n) is 2.49. The van der Waals surface area contributed by atoms with Crippen LogP contribution in [0.4, 0.5) is 5.69 Å². The molecular formula is C10H7NO3. The number of benzene rings is 1. The number of nitrogens with two attached hydrogens (primary N) is 1. The van der Waals surface area contributed by atoms with Crippen LogP contribution in [0.3, 0.4) is 0 Å². The number of hydrogen-bond donors (Lipinski definition) is 2. The Labute approximate surface area is 80.3 Å². The van der Waals surface area contributed by atoms with Gasteiger partial charge in [-0.3, -0.25) is 4.79 Å². The number of rotatable bonds is 1. The Kier molecular flexibility index (Phi) is 2.87. The maximum atomic E-state index is 10.7. The van der Waals surface area contributed by atoms with Gasteiger partial charge in [0.05, 0.1) is 5.56 Å². The number of carbonyl (C=O) groups is 2. The predicted molar refractivity (Wildman–Crippen MR) is 50.8 cm³/mol. The molecule has 0 radical (unpaired) electrons. The van der Waals surface area contributed by atoms with Crippen molar-refractivity contribution in [3.05, 3.63) is 29.3 Å². The number of carboxylic acids is 1. The molecule has 0 bridgehead atoms. The van der Waals surface area contributed by atoms with E-state index in [9.17, 15) is 9.59 Å². The highest BCUT2D eigenvalue weighted by Crippen LogP contribution is 2.13. The molecule has 0 spiro atoms. The Morgan fingerprint density at radius 2 is 2.21 bits per heavy atom. The van der Waals surface area contributed by atoms with Crippen molar-refractivity contribution in [3.63, 3.8) is 0 Å². The standard InChI is InChI=1S/C10H7NO3/c11-9-4-3-7(2-1-5-12)6-8(9)10(13)14/h3-6H,11H2,(H,13,14). The van der Waals surface area contributed by atoms with E-state index in [-0.39, 0.29) is 11.3 Å². The van der Waals surface area contributed by atoms with Crippen LogP contribution in [0.5, 0.6) is 0 Å². The topological polar surface area (TPSA) is 80.4 Å². The maximum Gasteiger partial charge on any atom is 0.337 e. The SMILES string of the molecule is Nc1ccc(C#CC=O)cc1C(=O)O. The van der Waals surface area contributed by atoms with Crippen molar-refractivity contribution in [2.45, 2.75) is 0 Å². The Morgan fingerprint density at radius 3 is 2.79 bits per heavy atom. The minimum Gasteiger partial charge on any atom is -0.478 e. The molecule has 0 heterocycles. The monoisotopic (exact) mass is 189 g/mol. The van der Waals surface area contributed by atoms with Crippen LogP contribution in [-0.4, -0.2) is 17.4 Å². The lowest BCUT2D eigenvalue weighted by atomic mass is 10.1. The van der Waals surface area contributed by atoms with Crippen molar-refractivity contribution in [3.8, 4) is 11.8 Å². The number of aldehydes is 1. The van der Waals surface area contributed by atoms with Gasteiger partial charge in [0.25, 0.3) is 0 Å². The summed E-state index contributed by atoms with van der Waals surface area (Å²) in [5.74, 6) is 3.55. The number of carboxylic acid groups (broad SMARTS) is 1. The first-order valence-corrected chi connectivity index (χ1v) is 3.73. The smallest absolute Gasteiger partial charge is 0.337 e. The molecule has 0 saturated carbocycles. The highest BCUT2D eigenvalue weighted by Gasteiger charge is 2.07. The molecule has 3 N–H and O–H groups in total. The Morgan fingerprint density at radius 1 is 1.50 bits per heavy atom. The van der Waals surface area contributed by atoms with Gasteiger partial charge in [-0.25, -0.2) is 4.79 Å². The summed E-state index contributed by atoms with van der Waals surface area (Å²) in [7, 11) is 0. The second-order valence-corrected chi connectivity index (χ2v) is 2.49. The van der Waals surface area contributed by atoms with Crippen LogP contribution in [0.1, 0.15) is 15.9 Å². The van der Waals surface area contributed by atoms with Crippen molar-refractivity contribution in [1.82, 2.24) is 0 Å².